The number of benzene rings is 1. The largest absolute Gasteiger partial charge is 0.300 e. The molecule has 2 unspecified atom stereocenters. The van der Waals surface area contributed by atoms with Crippen molar-refractivity contribution in [3.63, 3.8) is 0 Å². The van der Waals surface area contributed by atoms with E-state index in [0.717, 1.165) is 18.4 Å². The van der Waals surface area contributed by atoms with Crippen LogP contribution in [0.3, 0.4) is 0 Å². The molecule has 2 aliphatic rings. The van der Waals surface area contributed by atoms with Crippen LogP contribution in [0, 0.1) is 5.92 Å². The quantitative estimate of drug-likeness (QED) is 0.813. The standard InChI is InChI=1S/C16H21NO/c1-17-14-7-8-15(17)11-13(10-14)16(18)9-12-5-3-2-4-6-12/h2-6,13-15H,7-11H2,1H3. The number of nitrogens with zero attached hydrogens (tertiary/aromatic N) is 1. The summed E-state index contributed by atoms with van der Waals surface area (Å²) >= 11 is 0. The van der Waals surface area contributed by atoms with Crippen molar-refractivity contribution >= 4 is 5.78 Å². The van der Waals surface area contributed by atoms with Crippen molar-refractivity contribution < 1.29 is 4.79 Å². The zero-order chi connectivity index (χ0) is 12.5. The topological polar surface area (TPSA) is 20.3 Å². The van der Waals surface area contributed by atoms with Crippen LogP contribution in [0.2, 0.25) is 0 Å². The van der Waals surface area contributed by atoms with Gasteiger partial charge in [0.05, 0.1) is 0 Å². The van der Waals surface area contributed by atoms with E-state index in [9.17, 15) is 4.79 Å². The smallest absolute Gasteiger partial charge is 0.140 e. The highest BCUT2D eigenvalue weighted by Crippen LogP contribution is 2.38. The van der Waals surface area contributed by atoms with Gasteiger partial charge in [0.15, 0.2) is 0 Å². The van der Waals surface area contributed by atoms with Crippen molar-refractivity contribution in [2.24, 2.45) is 5.92 Å². The van der Waals surface area contributed by atoms with Gasteiger partial charge < -0.3 is 4.90 Å². The molecule has 3 rings (SSSR count). The molecule has 2 atom stereocenters. The second kappa shape index (κ2) is 4.85. The monoisotopic (exact) mass is 243 g/mol. The molecule has 0 radical (unpaired) electrons. The Hall–Kier alpha value is -1.15. The first-order chi connectivity index (χ1) is 8.74. The van der Waals surface area contributed by atoms with Gasteiger partial charge in [-0.25, -0.2) is 0 Å². The average molecular weight is 243 g/mol. The third-order valence-corrected chi connectivity index (χ3v) is 4.77. The molecule has 0 spiro atoms. The lowest BCUT2D eigenvalue weighted by molar-refractivity contribution is -0.124. The maximum Gasteiger partial charge on any atom is 0.140 e. The van der Waals surface area contributed by atoms with Crippen molar-refractivity contribution in [3.05, 3.63) is 35.9 Å². The van der Waals surface area contributed by atoms with Crippen LogP contribution in [0.25, 0.3) is 0 Å². The van der Waals surface area contributed by atoms with Crippen LogP contribution in [-0.2, 0) is 11.2 Å². The van der Waals surface area contributed by atoms with Gasteiger partial charge in [-0.05, 0) is 38.3 Å². The molecule has 2 fully saturated rings. The van der Waals surface area contributed by atoms with E-state index in [1.165, 1.54) is 12.8 Å². The van der Waals surface area contributed by atoms with Crippen molar-refractivity contribution in [2.45, 2.75) is 44.2 Å². The highest BCUT2D eigenvalue weighted by atomic mass is 16.1. The van der Waals surface area contributed by atoms with Crippen molar-refractivity contribution in [3.8, 4) is 0 Å². The Labute approximate surface area is 109 Å². The molecule has 1 aromatic rings. The Morgan fingerprint density at radius 1 is 1.17 bits per heavy atom. The molecule has 0 amide bonds. The van der Waals surface area contributed by atoms with Crippen LogP contribution in [0.15, 0.2) is 30.3 Å². The summed E-state index contributed by atoms with van der Waals surface area (Å²) in [6, 6.07) is 11.5. The highest BCUT2D eigenvalue weighted by molar-refractivity contribution is 5.83. The molecule has 0 saturated carbocycles. The minimum Gasteiger partial charge on any atom is -0.300 e. The first-order valence-corrected chi connectivity index (χ1v) is 7.02. The van der Waals surface area contributed by atoms with Gasteiger partial charge in [-0.1, -0.05) is 30.3 Å². The van der Waals surface area contributed by atoms with Gasteiger partial charge >= 0.3 is 0 Å². The minimum absolute atomic E-state index is 0.305. The first kappa shape index (κ1) is 11.9. The number of rotatable bonds is 3. The molecule has 0 N–H and O–H groups in total. The molecule has 2 nitrogen and oxygen atoms in total. The van der Waals surface area contributed by atoms with E-state index in [-0.39, 0.29) is 0 Å². The highest BCUT2D eigenvalue weighted by Gasteiger charge is 2.40. The fourth-order valence-electron chi connectivity index (χ4n) is 3.62. The Morgan fingerprint density at radius 3 is 2.39 bits per heavy atom. The van der Waals surface area contributed by atoms with Crippen LogP contribution in [-0.4, -0.2) is 29.8 Å². The zero-order valence-corrected chi connectivity index (χ0v) is 11.0. The fraction of sp³-hybridized carbons (Fsp3) is 0.562. The lowest BCUT2D eigenvalue weighted by Crippen LogP contribution is -2.42. The maximum absolute atomic E-state index is 12.4. The van der Waals surface area contributed by atoms with Crippen LogP contribution in [0.4, 0.5) is 0 Å². The molecule has 2 bridgehead atoms. The van der Waals surface area contributed by atoms with Crippen LogP contribution < -0.4 is 0 Å². The third-order valence-electron chi connectivity index (χ3n) is 4.77. The van der Waals surface area contributed by atoms with E-state index in [1.807, 2.05) is 18.2 Å². The van der Waals surface area contributed by atoms with E-state index in [2.05, 4.69) is 24.1 Å². The van der Waals surface area contributed by atoms with Gasteiger partial charge in [0.25, 0.3) is 0 Å². The number of ketones is 1. The Kier molecular flexibility index (Phi) is 3.21. The normalized spacial score (nSPS) is 31.5. The number of carbonyl (C=O) groups excluding carboxylic acids is 1. The van der Waals surface area contributed by atoms with Gasteiger partial charge in [0.2, 0.25) is 0 Å². The van der Waals surface area contributed by atoms with Crippen molar-refractivity contribution in [1.82, 2.24) is 4.90 Å². The molecule has 1 aromatic carbocycles. The first-order valence-electron chi connectivity index (χ1n) is 7.02. The van der Waals surface area contributed by atoms with Crippen LogP contribution in [0.5, 0.6) is 0 Å². The lowest BCUT2D eigenvalue weighted by atomic mass is 9.85. The summed E-state index contributed by atoms with van der Waals surface area (Å²) in [5, 5.41) is 0. The predicted octanol–water partition coefficient (Wildman–Crippen LogP) is 2.67. The summed E-state index contributed by atoms with van der Waals surface area (Å²) in [5.74, 6) is 0.755. The number of Topliss-reactive ketones (excluding diaryl/α,β-unsaturated/α-hetero) is 1. The molecular formula is C16H21NO. The van der Waals surface area contributed by atoms with Crippen LogP contribution in [0.1, 0.15) is 31.2 Å². The summed E-state index contributed by atoms with van der Waals surface area (Å²) in [7, 11) is 2.22. The summed E-state index contributed by atoms with van der Waals surface area (Å²) in [5.41, 5.74) is 1.16. The molecule has 0 aromatic heterocycles. The summed E-state index contributed by atoms with van der Waals surface area (Å²) in [6.07, 6.45) is 5.36. The van der Waals surface area contributed by atoms with E-state index in [4.69, 9.17) is 0 Å². The molecule has 2 saturated heterocycles. The summed E-state index contributed by atoms with van der Waals surface area (Å²) in [4.78, 5) is 14.9. The predicted molar refractivity (Wildman–Crippen MR) is 72.5 cm³/mol. The summed E-state index contributed by atoms with van der Waals surface area (Å²) < 4.78 is 0. The van der Waals surface area contributed by atoms with E-state index in [0.29, 0.717) is 30.2 Å². The summed E-state index contributed by atoms with van der Waals surface area (Å²) in [6.45, 7) is 0. The minimum atomic E-state index is 0.305. The Balaban J connectivity index is 1.64. The number of carbonyl (C=O) groups is 1. The van der Waals surface area contributed by atoms with Gasteiger partial charge in [0, 0.05) is 24.4 Å². The van der Waals surface area contributed by atoms with Gasteiger partial charge in [-0.15, -0.1) is 0 Å². The molecule has 2 heteroatoms. The van der Waals surface area contributed by atoms with Crippen molar-refractivity contribution in [1.29, 1.82) is 0 Å². The van der Waals surface area contributed by atoms with Crippen molar-refractivity contribution in [2.75, 3.05) is 7.05 Å². The Bertz CT molecular complexity index is 414. The Morgan fingerprint density at radius 2 is 1.78 bits per heavy atom. The molecule has 18 heavy (non-hydrogen) atoms. The van der Waals surface area contributed by atoms with Crippen LogP contribution >= 0.6 is 0 Å². The molecule has 0 aliphatic carbocycles. The number of hydrogen-bond donors (Lipinski definition) is 0. The third kappa shape index (κ3) is 2.22. The zero-order valence-electron chi connectivity index (χ0n) is 11.0. The lowest BCUT2D eigenvalue weighted by Gasteiger charge is -2.35. The van der Waals surface area contributed by atoms with Gasteiger partial charge in [-0.2, -0.15) is 0 Å². The molecule has 2 heterocycles. The number of hydrogen-bond acceptors (Lipinski definition) is 2. The maximum atomic E-state index is 12.4. The van der Waals surface area contributed by atoms with E-state index < -0.39 is 0 Å². The van der Waals surface area contributed by atoms with E-state index >= 15 is 0 Å². The SMILES string of the molecule is CN1C2CCC1CC(C(=O)Cc1ccccc1)C2. The number of fused-ring (bicyclic) bond motifs is 2. The fourth-order valence-corrected chi connectivity index (χ4v) is 3.62. The molecular weight excluding hydrogens is 222 g/mol. The molecule has 96 valence electrons. The van der Waals surface area contributed by atoms with Gasteiger partial charge in [0.1, 0.15) is 5.78 Å². The van der Waals surface area contributed by atoms with E-state index in [1.54, 1.807) is 0 Å². The molecule has 2 aliphatic heterocycles. The second-order valence-electron chi connectivity index (χ2n) is 5.85. The number of piperidine rings is 1. The second-order valence-corrected chi connectivity index (χ2v) is 5.85. The average Bonchev–Trinajstić information content (AvgIpc) is 2.63. The van der Waals surface area contributed by atoms with Gasteiger partial charge in [-0.3, -0.25) is 4.79 Å².